The number of hydrogen-bond acceptors (Lipinski definition) is 9. The molecule has 0 fully saturated rings. The Morgan fingerprint density at radius 2 is 0.761 bits per heavy atom. The Morgan fingerprint density at radius 3 is 1.12 bits per heavy atom. The second-order valence-corrected chi connectivity index (χ2v) is 17.4. The number of hydrogen-bond donors (Lipinski definition) is 6. The first kappa shape index (κ1) is 54.0. The van der Waals surface area contributed by atoms with Crippen molar-refractivity contribution in [2.75, 3.05) is 52.6 Å². The number of rotatable bonds is 36. The molecule has 67 heavy (non-hydrogen) atoms. The van der Waals surface area contributed by atoms with Crippen LogP contribution in [0.15, 0.2) is 60.7 Å². The SMILES string of the molecule is CCCCCCCCCCCCNC(=O)c1cc(OCC(=O)NCCOCCNC(=O)COc2cc(C(=O)NCCCCCCCCCCCC)c(O)c3ccccc23)c2ccccc2c1O. The number of amides is 4. The molecule has 13 nitrogen and oxygen atoms in total. The molecule has 0 bridgehead atoms. The third kappa shape index (κ3) is 19.7. The fraction of sp³-hybridized carbons (Fsp3) is 0.556. The minimum Gasteiger partial charge on any atom is -0.506 e. The molecule has 4 aromatic carbocycles. The summed E-state index contributed by atoms with van der Waals surface area (Å²) in [5.41, 5.74) is 0.177. The van der Waals surface area contributed by atoms with Gasteiger partial charge in [0.05, 0.1) is 24.3 Å². The summed E-state index contributed by atoms with van der Waals surface area (Å²) in [5, 5.41) is 35.3. The molecule has 0 radical (unpaired) electrons. The first-order valence-corrected chi connectivity index (χ1v) is 25.2. The van der Waals surface area contributed by atoms with Crippen LogP contribution in [-0.2, 0) is 14.3 Å². The zero-order chi connectivity index (χ0) is 47.9. The molecular weight excluding hydrogens is 849 g/mol. The Morgan fingerprint density at radius 1 is 0.433 bits per heavy atom. The van der Waals surface area contributed by atoms with E-state index in [0.29, 0.717) is 46.1 Å². The first-order valence-electron chi connectivity index (χ1n) is 25.2. The number of fused-ring (bicyclic) bond motifs is 2. The lowest BCUT2D eigenvalue weighted by Crippen LogP contribution is -2.34. The Labute approximate surface area is 398 Å². The van der Waals surface area contributed by atoms with Gasteiger partial charge in [-0.15, -0.1) is 0 Å². The highest BCUT2D eigenvalue weighted by atomic mass is 16.5. The largest absolute Gasteiger partial charge is 0.506 e. The maximum atomic E-state index is 13.1. The first-order chi connectivity index (χ1) is 32.7. The number of carbonyl (C=O) groups is 4. The lowest BCUT2D eigenvalue weighted by atomic mass is 10.0. The van der Waals surface area contributed by atoms with Crippen LogP contribution in [0.3, 0.4) is 0 Å². The molecule has 13 heteroatoms. The van der Waals surface area contributed by atoms with Gasteiger partial charge in [-0.05, 0) is 25.0 Å². The van der Waals surface area contributed by atoms with Gasteiger partial charge >= 0.3 is 0 Å². The smallest absolute Gasteiger partial charge is 0.258 e. The van der Waals surface area contributed by atoms with E-state index in [1.165, 1.54) is 102 Å². The second kappa shape index (κ2) is 32.2. The maximum Gasteiger partial charge on any atom is 0.258 e. The Bertz CT molecular complexity index is 1960. The van der Waals surface area contributed by atoms with Gasteiger partial charge in [-0.25, -0.2) is 0 Å². The normalized spacial score (nSPS) is 11.1. The summed E-state index contributed by atoms with van der Waals surface area (Å²) >= 11 is 0. The Balaban J connectivity index is 1.12. The number of aromatic hydroxyl groups is 2. The second-order valence-electron chi connectivity index (χ2n) is 17.4. The van der Waals surface area contributed by atoms with Gasteiger partial charge in [0.1, 0.15) is 23.0 Å². The summed E-state index contributed by atoms with van der Waals surface area (Å²) in [5.74, 6) is -1.24. The molecule has 0 atom stereocenters. The van der Waals surface area contributed by atoms with Gasteiger partial charge < -0.3 is 45.7 Å². The molecule has 0 saturated heterocycles. The molecule has 0 heterocycles. The lowest BCUT2D eigenvalue weighted by molar-refractivity contribution is -0.123. The monoisotopic (exact) mass is 927 g/mol. The van der Waals surface area contributed by atoms with Crippen LogP contribution in [0.5, 0.6) is 23.0 Å². The zero-order valence-electron chi connectivity index (χ0n) is 40.3. The Kier molecular flexibility index (Phi) is 26.0. The van der Waals surface area contributed by atoms with Crippen LogP contribution in [0.1, 0.15) is 163 Å². The Hall–Kier alpha value is -5.56. The number of nitrogens with one attached hydrogen (secondary N) is 4. The molecular formula is C54H78N4O9. The third-order valence-corrected chi connectivity index (χ3v) is 11.9. The molecule has 368 valence electrons. The van der Waals surface area contributed by atoms with E-state index in [-0.39, 0.29) is 62.1 Å². The van der Waals surface area contributed by atoms with Crippen molar-refractivity contribution in [3.63, 3.8) is 0 Å². The predicted octanol–water partition coefficient (Wildman–Crippen LogP) is 10.4. The van der Waals surface area contributed by atoms with E-state index in [9.17, 15) is 29.4 Å². The van der Waals surface area contributed by atoms with Crippen LogP contribution in [0, 0.1) is 0 Å². The van der Waals surface area contributed by atoms with E-state index in [1.54, 1.807) is 48.5 Å². The molecule has 0 saturated carbocycles. The van der Waals surface area contributed by atoms with Gasteiger partial charge in [-0.2, -0.15) is 0 Å². The van der Waals surface area contributed by atoms with Crippen molar-refractivity contribution in [3.8, 4) is 23.0 Å². The molecule has 0 aliphatic carbocycles. The molecule has 4 amide bonds. The van der Waals surface area contributed by atoms with E-state index in [1.807, 2.05) is 0 Å². The number of ether oxygens (including phenoxy) is 3. The van der Waals surface area contributed by atoms with Crippen molar-refractivity contribution in [3.05, 3.63) is 71.8 Å². The predicted molar refractivity (Wildman–Crippen MR) is 267 cm³/mol. The summed E-state index contributed by atoms with van der Waals surface area (Å²) in [4.78, 5) is 51.7. The molecule has 4 aromatic rings. The van der Waals surface area contributed by atoms with Crippen LogP contribution in [0.4, 0.5) is 0 Å². The maximum absolute atomic E-state index is 13.1. The van der Waals surface area contributed by atoms with Crippen LogP contribution >= 0.6 is 0 Å². The lowest BCUT2D eigenvalue weighted by Gasteiger charge is -2.15. The number of carbonyl (C=O) groups excluding carboxylic acids is 4. The van der Waals surface area contributed by atoms with Crippen molar-refractivity contribution in [1.82, 2.24) is 21.3 Å². The number of benzene rings is 4. The highest BCUT2D eigenvalue weighted by Crippen LogP contribution is 2.37. The van der Waals surface area contributed by atoms with Gasteiger partial charge in [-0.3, -0.25) is 19.2 Å². The van der Waals surface area contributed by atoms with Gasteiger partial charge in [0.15, 0.2) is 13.2 Å². The molecule has 0 aromatic heterocycles. The quantitative estimate of drug-likeness (QED) is 0.0242. The van der Waals surface area contributed by atoms with Crippen molar-refractivity contribution in [2.45, 2.75) is 142 Å². The summed E-state index contributed by atoms with van der Waals surface area (Å²) in [6.07, 6.45) is 23.9. The zero-order valence-corrected chi connectivity index (χ0v) is 40.3. The van der Waals surface area contributed by atoms with Crippen LogP contribution in [-0.4, -0.2) is 86.4 Å². The molecule has 0 aliphatic rings. The molecule has 0 spiro atoms. The molecule has 0 aliphatic heterocycles. The summed E-state index contributed by atoms with van der Waals surface area (Å²) < 4.78 is 17.3. The van der Waals surface area contributed by atoms with Crippen molar-refractivity contribution in [1.29, 1.82) is 0 Å². The van der Waals surface area contributed by atoms with Gasteiger partial charge in [0.25, 0.3) is 23.6 Å². The summed E-state index contributed by atoms with van der Waals surface area (Å²) in [6.45, 7) is 5.61. The third-order valence-electron chi connectivity index (χ3n) is 11.9. The average Bonchev–Trinajstić information content (AvgIpc) is 3.34. The fourth-order valence-electron chi connectivity index (χ4n) is 8.07. The minimum absolute atomic E-state index is 0.0884. The van der Waals surface area contributed by atoms with Crippen LogP contribution in [0.25, 0.3) is 21.5 Å². The standard InChI is InChI=1S/C54H78N4O9/c1-3-5-7-9-11-13-15-17-19-25-31-57-53(63)45-37-47(41-27-21-23-29-43(41)51(45)61)66-39-49(59)55-33-35-65-36-34-56-50(60)40-67-48-38-46(52(62)44-30-24-22-28-42(44)48)54(64)58-32-26-20-18-16-14-12-10-8-6-4-2/h21-24,27-30,37-38,61-62H,3-20,25-26,31-36,39-40H2,1-2H3,(H,55,59)(H,56,60)(H,57,63)(H,58,64). The highest BCUT2D eigenvalue weighted by molar-refractivity contribution is 6.07. The van der Waals surface area contributed by atoms with E-state index < -0.39 is 23.6 Å². The van der Waals surface area contributed by atoms with Crippen LogP contribution < -0.4 is 30.7 Å². The van der Waals surface area contributed by atoms with E-state index in [2.05, 4.69) is 35.1 Å². The number of phenolic OH excluding ortho intramolecular Hbond substituents is 2. The molecule has 6 N–H and O–H groups in total. The minimum atomic E-state index is -0.398. The topological polar surface area (TPSA) is 185 Å². The van der Waals surface area contributed by atoms with Crippen molar-refractivity contribution in [2.24, 2.45) is 0 Å². The average molecular weight is 927 g/mol. The van der Waals surface area contributed by atoms with Crippen molar-refractivity contribution < 1.29 is 43.6 Å². The van der Waals surface area contributed by atoms with E-state index in [4.69, 9.17) is 14.2 Å². The summed E-state index contributed by atoms with van der Waals surface area (Å²) in [6, 6.07) is 17.0. The van der Waals surface area contributed by atoms with E-state index >= 15 is 0 Å². The number of phenols is 2. The van der Waals surface area contributed by atoms with Crippen molar-refractivity contribution >= 4 is 45.2 Å². The van der Waals surface area contributed by atoms with Crippen LogP contribution in [0.2, 0.25) is 0 Å². The van der Waals surface area contributed by atoms with Gasteiger partial charge in [0.2, 0.25) is 0 Å². The van der Waals surface area contributed by atoms with Gasteiger partial charge in [0, 0.05) is 47.7 Å². The molecule has 4 rings (SSSR count). The molecule has 0 unspecified atom stereocenters. The summed E-state index contributed by atoms with van der Waals surface area (Å²) in [7, 11) is 0. The fourth-order valence-corrected chi connectivity index (χ4v) is 8.07. The van der Waals surface area contributed by atoms with Gasteiger partial charge in [-0.1, -0.05) is 178 Å². The highest BCUT2D eigenvalue weighted by Gasteiger charge is 2.20. The van der Waals surface area contributed by atoms with E-state index in [0.717, 1.165) is 38.5 Å². The number of unbranched alkanes of at least 4 members (excludes halogenated alkanes) is 18.